The van der Waals surface area contributed by atoms with E-state index in [1.807, 2.05) is 0 Å². The van der Waals surface area contributed by atoms with Crippen molar-refractivity contribution in [3.63, 3.8) is 0 Å². The number of nitrogens with zero attached hydrogens (tertiary/aromatic N) is 2. The standard InChI is InChI=1S/C11H22N2O5S/c1-9-10(11(14)15)5-4-6-13(9)19(16,17)12(2)7-8-18-3/h9-10H,4-8H2,1-3H3,(H,14,15)/t9-,10-/m0/s1. The molecule has 2 atom stereocenters. The Morgan fingerprint density at radius 2 is 2.16 bits per heavy atom. The highest BCUT2D eigenvalue weighted by atomic mass is 32.2. The summed E-state index contributed by atoms with van der Waals surface area (Å²) < 4.78 is 32.1. The molecule has 0 aliphatic carbocycles. The van der Waals surface area contributed by atoms with Gasteiger partial charge in [0, 0.05) is 33.3 Å². The topological polar surface area (TPSA) is 87.2 Å². The molecule has 0 amide bonds. The maximum absolute atomic E-state index is 12.4. The zero-order valence-corrected chi connectivity index (χ0v) is 12.4. The highest BCUT2D eigenvalue weighted by molar-refractivity contribution is 7.86. The van der Waals surface area contributed by atoms with Crippen LogP contribution in [0.2, 0.25) is 0 Å². The van der Waals surface area contributed by atoms with Crippen LogP contribution in [0.25, 0.3) is 0 Å². The first-order chi connectivity index (χ1) is 8.82. The summed E-state index contributed by atoms with van der Waals surface area (Å²) in [5.74, 6) is -1.58. The molecule has 1 fully saturated rings. The Morgan fingerprint density at radius 3 is 2.68 bits per heavy atom. The van der Waals surface area contributed by atoms with E-state index in [2.05, 4.69) is 0 Å². The summed E-state index contributed by atoms with van der Waals surface area (Å²) in [6.07, 6.45) is 1.09. The Bertz CT molecular complexity index is 411. The number of likely N-dealkylation sites (N-methyl/N-ethyl adjacent to an activating group) is 1. The molecule has 8 heteroatoms. The highest BCUT2D eigenvalue weighted by Gasteiger charge is 2.40. The van der Waals surface area contributed by atoms with Gasteiger partial charge in [-0.3, -0.25) is 4.79 Å². The van der Waals surface area contributed by atoms with E-state index < -0.39 is 28.1 Å². The van der Waals surface area contributed by atoms with Crippen LogP contribution in [0.15, 0.2) is 0 Å². The van der Waals surface area contributed by atoms with E-state index in [1.165, 1.54) is 22.8 Å². The molecule has 0 bridgehead atoms. The lowest BCUT2D eigenvalue weighted by Crippen LogP contribution is -2.53. The van der Waals surface area contributed by atoms with E-state index in [0.29, 0.717) is 26.0 Å². The van der Waals surface area contributed by atoms with Gasteiger partial charge in [-0.1, -0.05) is 0 Å². The maximum Gasteiger partial charge on any atom is 0.308 e. The monoisotopic (exact) mass is 294 g/mol. The van der Waals surface area contributed by atoms with Gasteiger partial charge in [-0.15, -0.1) is 0 Å². The lowest BCUT2D eigenvalue weighted by Gasteiger charge is -2.38. The van der Waals surface area contributed by atoms with E-state index >= 15 is 0 Å². The Balaban J connectivity index is 2.84. The van der Waals surface area contributed by atoms with E-state index in [0.717, 1.165) is 0 Å². The molecule has 0 spiro atoms. The summed E-state index contributed by atoms with van der Waals surface area (Å²) in [5.41, 5.74) is 0. The van der Waals surface area contributed by atoms with Crippen LogP contribution in [0.4, 0.5) is 0 Å². The predicted octanol–water partition coefficient (Wildman–Crippen LogP) is -0.00550. The van der Waals surface area contributed by atoms with Crippen molar-refractivity contribution in [3.8, 4) is 0 Å². The number of piperidine rings is 1. The van der Waals surface area contributed by atoms with Crippen LogP contribution in [0.5, 0.6) is 0 Å². The zero-order valence-electron chi connectivity index (χ0n) is 11.6. The minimum Gasteiger partial charge on any atom is -0.481 e. The van der Waals surface area contributed by atoms with Gasteiger partial charge in [-0.2, -0.15) is 17.0 Å². The normalized spacial score (nSPS) is 25.7. The second kappa shape index (κ2) is 6.65. The minimum absolute atomic E-state index is 0.250. The number of carboxylic acid groups (broad SMARTS) is 1. The van der Waals surface area contributed by atoms with Crippen LogP contribution in [-0.2, 0) is 19.7 Å². The van der Waals surface area contributed by atoms with Gasteiger partial charge < -0.3 is 9.84 Å². The van der Waals surface area contributed by atoms with E-state index in [1.54, 1.807) is 6.92 Å². The molecule has 0 aromatic carbocycles. The number of hydrogen-bond acceptors (Lipinski definition) is 4. The first kappa shape index (κ1) is 16.4. The summed E-state index contributed by atoms with van der Waals surface area (Å²) in [4.78, 5) is 11.1. The zero-order chi connectivity index (χ0) is 14.6. The summed E-state index contributed by atoms with van der Waals surface area (Å²) in [5, 5.41) is 9.12. The van der Waals surface area contributed by atoms with Crippen molar-refractivity contribution in [2.75, 3.05) is 33.9 Å². The van der Waals surface area contributed by atoms with E-state index in [9.17, 15) is 13.2 Å². The van der Waals surface area contributed by atoms with Crippen LogP contribution >= 0.6 is 0 Å². The van der Waals surface area contributed by atoms with Gasteiger partial charge in [0.15, 0.2) is 0 Å². The molecule has 1 saturated heterocycles. The second-order valence-corrected chi connectivity index (χ2v) is 6.75. The summed E-state index contributed by atoms with van der Waals surface area (Å²) in [6, 6.07) is -0.527. The van der Waals surface area contributed by atoms with Gasteiger partial charge in [-0.05, 0) is 19.8 Å². The van der Waals surface area contributed by atoms with Crippen molar-refractivity contribution in [1.82, 2.24) is 8.61 Å². The number of carboxylic acids is 1. The van der Waals surface area contributed by atoms with Crippen molar-refractivity contribution in [2.45, 2.75) is 25.8 Å². The van der Waals surface area contributed by atoms with Gasteiger partial charge in [0.25, 0.3) is 10.2 Å². The second-order valence-electron chi connectivity index (χ2n) is 4.76. The quantitative estimate of drug-likeness (QED) is 0.745. The fourth-order valence-electron chi connectivity index (χ4n) is 2.28. The smallest absolute Gasteiger partial charge is 0.308 e. The fourth-order valence-corrected chi connectivity index (χ4v) is 3.87. The van der Waals surface area contributed by atoms with Crippen LogP contribution in [-0.4, -0.2) is 68.0 Å². The number of methoxy groups -OCH3 is 1. The third kappa shape index (κ3) is 3.65. The molecule has 0 unspecified atom stereocenters. The number of hydrogen-bond donors (Lipinski definition) is 1. The van der Waals surface area contributed by atoms with Crippen molar-refractivity contribution >= 4 is 16.2 Å². The van der Waals surface area contributed by atoms with Crippen molar-refractivity contribution < 1.29 is 23.1 Å². The molecule has 0 radical (unpaired) electrons. The third-order valence-corrected chi connectivity index (χ3v) is 5.63. The Labute approximate surface area is 114 Å². The van der Waals surface area contributed by atoms with Crippen LogP contribution in [0, 0.1) is 5.92 Å². The maximum atomic E-state index is 12.4. The molecule has 0 aromatic rings. The number of ether oxygens (including phenoxy) is 1. The molecular formula is C11H22N2O5S. The number of carbonyl (C=O) groups is 1. The first-order valence-electron chi connectivity index (χ1n) is 6.27. The molecule has 112 valence electrons. The van der Waals surface area contributed by atoms with Gasteiger partial charge in [-0.25, -0.2) is 0 Å². The number of aliphatic carboxylic acids is 1. The molecule has 1 aliphatic heterocycles. The third-order valence-electron chi connectivity index (χ3n) is 3.55. The highest BCUT2D eigenvalue weighted by Crippen LogP contribution is 2.27. The van der Waals surface area contributed by atoms with Crippen LogP contribution < -0.4 is 0 Å². The minimum atomic E-state index is -3.63. The molecule has 1 rings (SSSR count). The molecule has 0 aromatic heterocycles. The van der Waals surface area contributed by atoms with Crippen molar-refractivity contribution in [3.05, 3.63) is 0 Å². The summed E-state index contributed by atoms with van der Waals surface area (Å²) in [6.45, 7) is 2.57. The van der Waals surface area contributed by atoms with Crippen LogP contribution in [0.3, 0.4) is 0 Å². The summed E-state index contributed by atoms with van der Waals surface area (Å²) >= 11 is 0. The molecular weight excluding hydrogens is 272 g/mol. The molecule has 19 heavy (non-hydrogen) atoms. The predicted molar refractivity (Wildman–Crippen MR) is 70.0 cm³/mol. The Morgan fingerprint density at radius 1 is 1.53 bits per heavy atom. The Kier molecular flexibility index (Phi) is 5.72. The van der Waals surface area contributed by atoms with Gasteiger partial charge in [0.2, 0.25) is 0 Å². The van der Waals surface area contributed by atoms with Crippen LogP contribution in [0.1, 0.15) is 19.8 Å². The average Bonchev–Trinajstić information content (AvgIpc) is 2.35. The average molecular weight is 294 g/mol. The van der Waals surface area contributed by atoms with E-state index in [4.69, 9.17) is 9.84 Å². The molecule has 1 heterocycles. The van der Waals surface area contributed by atoms with E-state index in [-0.39, 0.29) is 6.54 Å². The van der Waals surface area contributed by atoms with Gasteiger partial charge in [0.1, 0.15) is 0 Å². The van der Waals surface area contributed by atoms with Crippen molar-refractivity contribution in [1.29, 1.82) is 0 Å². The molecule has 1 aliphatic rings. The molecule has 7 nitrogen and oxygen atoms in total. The summed E-state index contributed by atoms with van der Waals surface area (Å²) in [7, 11) is -0.645. The number of rotatable bonds is 6. The lowest BCUT2D eigenvalue weighted by atomic mass is 9.92. The largest absolute Gasteiger partial charge is 0.481 e. The first-order valence-corrected chi connectivity index (χ1v) is 7.67. The fraction of sp³-hybridized carbons (Fsp3) is 0.909. The Hall–Kier alpha value is -0.700. The van der Waals surface area contributed by atoms with Gasteiger partial charge in [0.05, 0.1) is 12.5 Å². The lowest BCUT2D eigenvalue weighted by molar-refractivity contribution is -0.144. The van der Waals surface area contributed by atoms with Crippen molar-refractivity contribution in [2.24, 2.45) is 5.92 Å². The molecule has 0 saturated carbocycles. The SMILES string of the molecule is COCCN(C)S(=O)(=O)N1CCC[C@H](C(=O)O)[C@@H]1C. The van der Waals surface area contributed by atoms with Gasteiger partial charge >= 0.3 is 5.97 Å². The molecule has 1 N–H and O–H groups in total.